The number of alkyl halides is 3. The van der Waals surface area contributed by atoms with E-state index in [0.717, 1.165) is 5.56 Å². The molecule has 0 amide bonds. The number of halogens is 3. The summed E-state index contributed by atoms with van der Waals surface area (Å²) < 4.78 is 40.5. The van der Waals surface area contributed by atoms with Crippen LogP contribution in [0, 0.1) is 13.8 Å². The van der Waals surface area contributed by atoms with Gasteiger partial charge in [-0.25, -0.2) is 0 Å². The zero-order chi connectivity index (χ0) is 15.0. The van der Waals surface area contributed by atoms with Gasteiger partial charge in [0.1, 0.15) is 0 Å². The van der Waals surface area contributed by atoms with Gasteiger partial charge < -0.3 is 5.11 Å². The summed E-state index contributed by atoms with van der Waals surface area (Å²) >= 11 is 0. The summed E-state index contributed by atoms with van der Waals surface area (Å²) in [5.41, 5.74) is -2.08. The summed E-state index contributed by atoms with van der Waals surface area (Å²) in [6, 6.07) is 11.8. The van der Waals surface area contributed by atoms with Crippen LogP contribution in [0.5, 0.6) is 0 Å². The number of rotatable bonds is 2. The van der Waals surface area contributed by atoms with Gasteiger partial charge in [0.2, 0.25) is 5.60 Å². The van der Waals surface area contributed by atoms with E-state index in [4.69, 9.17) is 0 Å². The third kappa shape index (κ3) is 2.31. The van der Waals surface area contributed by atoms with E-state index in [-0.39, 0.29) is 11.1 Å². The van der Waals surface area contributed by atoms with E-state index in [1.54, 1.807) is 38.1 Å². The first-order valence-corrected chi connectivity index (χ1v) is 6.19. The predicted octanol–water partition coefficient (Wildman–Crippen LogP) is 4.10. The van der Waals surface area contributed by atoms with Crippen LogP contribution in [0.4, 0.5) is 13.2 Å². The molecule has 0 aliphatic heterocycles. The van der Waals surface area contributed by atoms with Crippen molar-refractivity contribution in [2.24, 2.45) is 0 Å². The zero-order valence-corrected chi connectivity index (χ0v) is 11.2. The van der Waals surface area contributed by atoms with Crippen molar-refractivity contribution in [3.05, 3.63) is 70.8 Å². The van der Waals surface area contributed by atoms with Gasteiger partial charge in [-0.2, -0.15) is 13.2 Å². The molecular weight excluding hydrogens is 265 g/mol. The molecular formula is C16H15F3O. The Morgan fingerprint density at radius 1 is 0.850 bits per heavy atom. The van der Waals surface area contributed by atoms with Crippen molar-refractivity contribution in [1.29, 1.82) is 0 Å². The molecule has 1 atom stereocenters. The highest BCUT2D eigenvalue weighted by atomic mass is 19.4. The van der Waals surface area contributed by atoms with Gasteiger partial charge in [-0.15, -0.1) is 0 Å². The maximum absolute atomic E-state index is 13.5. The second-order valence-corrected chi connectivity index (χ2v) is 4.89. The molecule has 0 saturated heterocycles. The van der Waals surface area contributed by atoms with E-state index in [9.17, 15) is 18.3 Å². The third-order valence-electron chi connectivity index (χ3n) is 3.41. The minimum Gasteiger partial charge on any atom is -0.372 e. The fourth-order valence-electron chi connectivity index (χ4n) is 2.25. The Morgan fingerprint density at radius 2 is 1.40 bits per heavy atom. The quantitative estimate of drug-likeness (QED) is 0.878. The zero-order valence-electron chi connectivity index (χ0n) is 11.2. The average molecular weight is 280 g/mol. The number of benzene rings is 2. The van der Waals surface area contributed by atoms with Crippen molar-refractivity contribution in [3.63, 3.8) is 0 Å². The topological polar surface area (TPSA) is 20.2 Å². The summed E-state index contributed by atoms with van der Waals surface area (Å²) in [4.78, 5) is 0. The van der Waals surface area contributed by atoms with Gasteiger partial charge in [0.15, 0.2) is 0 Å². The summed E-state index contributed by atoms with van der Waals surface area (Å²) in [6.07, 6.45) is -4.80. The van der Waals surface area contributed by atoms with Crippen LogP contribution < -0.4 is 0 Å². The minimum atomic E-state index is -4.80. The Hall–Kier alpha value is -1.81. The monoisotopic (exact) mass is 280 g/mol. The molecule has 1 N–H and O–H groups in total. The Balaban J connectivity index is 2.70. The van der Waals surface area contributed by atoms with E-state index >= 15 is 0 Å². The molecule has 0 bridgehead atoms. The largest absolute Gasteiger partial charge is 0.425 e. The third-order valence-corrected chi connectivity index (χ3v) is 3.41. The molecule has 0 aliphatic rings. The summed E-state index contributed by atoms with van der Waals surface area (Å²) in [7, 11) is 0. The lowest BCUT2D eigenvalue weighted by atomic mass is 9.83. The normalized spacial score (nSPS) is 14.9. The van der Waals surface area contributed by atoms with Gasteiger partial charge in [-0.1, -0.05) is 54.1 Å². The molecule has 0 aromatic heterocycles. The van der Waals surface area contributed by atoms with Crippen LogP contribution in [-0.4, -0.2) is 11.3 Å². The van der Waals surface area contributed by atoms with Gasteiger partial charge in [-0.3, -0.25) is 0 Å². The molecule has 106 valence electrons. The Morgan fingerprint density at radius 3 is 1.90 bits per heavy atom. The van der Waals surface area contributed by atoms with Crippen molar-refractivity contribution in [2.75, 3.05) is 0 Å². The molecule has 2 rings (SSSR count). The van der Waals surface area contributed by atoms with Crippen molar-refractivity contribution >= 4 is 0 Å². The van der Waals surface area contributed by atoms with Gasteiger partial charge in [0.05, 0.1) is 0 Å². The lowest BCUT2D eigenvalue weighted by molar-refractivity contribution is -0.248. The number of hydrogen-bond donors (Lipinski definition) is 1. The van der Waals surface area contributed by atoms with Crippen LogP contribution >= 0.6 is 0 Å². The van der Waals surface area contributed by atoms with E-state index in [1.165, 1.54) is 24.3 Å². The van der Waals surface area contributed by atoms with Crippen molar-refractivity contribution in [2.45, 2.75) is 25.6 Å². The van der Waals surface area contributed by atoms with Gasteiger partial charge in [0.25, 0.3) is 0 Å². The van der Waals surface area contributed by atoms with E-state index in [2.05, 4.69) is 0 Å². The summed E-state index contributed by atoms with van der Waals surface area (Å²) in [6.45, 7) is 3.34. The van der Waals surface area contributed by atoms with Gasteiger partial charge in [-0.05, 0) is 25.0 Å². The van der Waals surface area contributed by atoms with Crippen molar-refractivity contribution < 1.29 is 18.3 Å². The first kappa shape index (κ1) is 14.6. The standard InChI is InChI=1S/C16H15F3O/c1-11-7-9-13(10-8-11)15(20,16(17,18)19)14-6-4-3-5-12(14)2/h3-10,20H,1-2H3. The molecule has 4 heteroatoms. The first-order chi connectivity index (χ1) is 9.26. The van der Waals surface area contributed by atoms with E-state index in [0.29, 0.717) is 5.56 Å². The van der Waals surface area contributed by atoms with Crippen LogP contribution in [-0.2, 0) is 5.60 Å². The highest BCUT2D eigenvalue weighted by Gasteiger charge is 2.56. The minimum absolute atomic E-state index is 0.142. The molecule has 20 heavy (non-hydrogen) atoms. The molecule has 0 aliphatic carbocycles. The maximum Gasteiger partial charge on any atom is 0.425 e. The van der Waals surface area contributed by atoms with Gasteiger partial charge in [0, 0.05) is 5.56 Å². The molecule has 2 aromatic carbocycles. The number of aliphatic hydroxyl groups is 1. The van der Waals surface area contributed by atoms with Crippen molar-refractivity contribution in [1.82, 2.24) is 0 Å². The van der Waals surface area contributed by atoms with Crippen LogP contribution in [0.3, 0.4) is 0 Å². The molecule has 0 radical (unpaired) electrons. The lowest BCUT2D eigenvalue weighted by Gasteiger charge is -2.32. The molecule has 0 fully saturated rings. The predicted molar refractivity (Wildman–Crippen MR) is 71.4 cm³/mol. The molecule has 0 saturated carbocycles. The highest BCUT2D eigenvalue weighted by molar-refractivity contribution is 5.42. The SMILES string of the molecule is Cc1ccc(C(O)(c2ccccc2C)C(F)(F)F)cc1. The maximum atomic E-state index is 13.5. The summed E-state index contributed by atoms with van der Waals surface area (Å²) in [5.74, 6) is 0. The van der Waals surface area contributed by atoms with Crippen molar-refractivity contribution in [3.8, 4) is 0 Å². The second-order valence-electron chi connectivity index (χ2n) is 4.89. The van der Waals surface area contributed by atoms with E-state index in [1.807, 2.05) is 0 Å². The number of hydrogen-bond acceptors (Lipinski definition) is 1. The lowest BCUT2D eigenvalue weighted by Crippen LogP contribution is -2.43. The molecule has 2 aromatic rings. The van der Waals surface area contributed by atoms with Crippen LogP contribution in [0.25, 0.3) is 0 Å². The van der Waals surface area contributed by atoms with Crippen LogP contribution in [0.1, 0.15) is 22.3 Å². The van der Waals surface area contributed by atoms with Crippen LogP contribution in [0.2, 0.25) is 0 Å². The summed E-state index contributed by atoms with van der Waals surface area (Å²) in [5, 5.41) is 10.4. The average Bonchev–Trinajstić information content (AvgIpc) is 2.38. The fraction of sp³-hybridized carbons (Fsp3) is 0.250. The Bertz CT molecular complexity index is 602. The molecule has 0 spiro atoms. The fourth-order valence-corrected chi connectivity index (χ4v) is 2.25. The van der Waals surface area contributed by atoms with E-state index < -0.39 is 11.8 Å². The first-order valence-electron chi connectivity index (χ1n) is 6.19. The number of aryl methyl sites for hydroxylation is 2. The molecule has 1 unspecified atom stereocenters. The second kappa shape index (κ2) is 4.94. The Labute approximate surface area is 115 Å². The molecule has 0 heterocycles. The highest BCUT2D eigenvalue weighted by Crippen LogP contribution is 2.45. The molecule has 1 nitrogen and oxygen atoms in total. The van der Waals surface area contributed by atoms with Crippen LogP contribution in [0.15, 0.2) is 48.5 Å². The Kier molecular flexibility index (Phi) is 3.61. The smallest absolute Gasteiger partial charge is 0.372 e. The van der Waals surface area contributed by atoms with Gasteiger partial charge >= 0.3 is 6.18 Å².